The van der Waals surface area contributed by atoms with Crippen LogP contribution < -0.4 is 10.6 Å². The van der Waals surface area contributed by atoms with Crippen molar-refractivity contribution in [1.29, 1.82) is 0 Å². The first-order valence-electron chi connectivity index (χ1n) is 6.69. The van der Waals surface area contributed by atoms with Crippen molar-refractivity contribution < 1.29 is 14.1 Å². The average Bonchev–Trinajstić information content (AvgIpc) is 2.51. The van der Waals surface area contributed by atoms with Crippen molar-refractivity contribution in [2.24, 2.45) is 0 Å². The van der Waals surface area contributed by atoms with Crippen molar-refractivity contribution in [2.45, 2.75) is 0 Å². The molecule has 2 N–H and O–H groups in total. The van der Waals surface area contributed by atoms with E-state index >= 15 is 0 Å². The SMILES string of the molecule is O=C(NCCNc1ccc([N+](=O)[O-])cc1)c1ccc(Cl)cc1F. The van der Waals surface area contributed by atoms with E-state index in [-0.39, 0.29) is 22.8 Å². The normalized spacial score (nSPS) is 10.2. The van der Waals surface area contributed by atoms with E-state index in [9.17, 15) is 19.3 Å². The molecule has 0 saturated heterocycles. The predicted molar refractivity (Wildman–Crippen MR) is 85.3 cm³/mol. The molecule has 0 aliphatic heterocycles. The highest BCUT2D eigenvalue weighted by atomic mass is 35.5. The predicted octanol–water partition coefficient (Wildman–Crippen LogP) is 3.23. The summed E-state index contributed by atoms with van der Waals surface area (Å²) >= 11 is 5.62. The number of nitrogens with one attached hydrogen (secondary N) is 2. The largest absolute Gasteiger partial charge is 0.383 e. The second kappa shape index (κ2) is 7.55. The third-order valence-electron chi connectivity index (χ3n) is 2.99. The van der Waals surface area contributed by atoms with Gasteiger partial charge in [-0.15, -0.1) is 0 Å². The summed E-state index contributed by atoms with van der Waals surface area (Å²) in [4.78, 5) is 21.9. The van der Waals surface area contributed by atoms with Crippen molar-refractivity contribution >= 4 is 28.9 Å². The number of carbonyl (C=O) groups excluding carboxylic acids is 1. The minimum absolute atomic E-state index is 0.00191. The fourth-order valence-electron chi connectivity index (χ4n) is 1.85. The lowest BCUT2D eigenvalue weighted by molar-refractivity contribution is -0.384. The van der Waals surface area contributed by atoms with Gasteiger partial charge in [0, 0.05) is 35.9 Å². The number of amides is 1. The van der Waals surface area contributed by atoms with E-state index in [0.717, 1.165) is 6.07 Å². The second-order valence-corrected chi connectivity index (χ2v) is 5.05. The first kappa shape index (κ1) is 16.7. The third-order valence-corrected chi connectivity index (χ3v) is 3.23. The summed E-state index contributed by atoms with van der Waals surface area (Å²) in [6, 6.07) is 9.72. The summed E-state index contributed by atoms with van der Waals surface area (Å²) in [5.74, 6) is -1.22. The third kappa shape index (κ3) is 4.65. The number of rotatable bonds is 6. The Morgan fingerprint density at radius 1 is 1.17 bits per heavy atom. The number of hydrogen-bond donors (Lipinski definition) is 2. The van der Waals surface area contributed by atoms with E-state index < -0.39 is 16.6 Å². The number of halogens is 2. The Balaban J connectivity index is 1.80. The van der Waals surface area contributed by atoms with Crippen molar-refractivity contribution in [3.05, 3.63) is 69.0 Å². The molecule has 0 atom stereocenters. The second-order valence-electron chi connectivity index (χ2n) is 4.61. The van der Waals surface area contributed by atoms with E-state index in [0.29, 0.717) is 12.2 Å². The van der Waals surface area contributed by atoms with E-state index in [1.807, 2.05) is 0 Å². The summed E-state index contributed by atoms with van der Waals surface area (Å²) in [6.07, 6.45) is 0. The van der Waals surface area contributed by atoms with E-state index in [2.05, 4.69) is 10.6 Å². The summed E-state index contributed by atoms with van der Waals surface area (Å²) < 4.78 is 13.6. The monoisotopic (exact) mass is 337 g/mol. The van der Waals surface area contributed by atoms with Gasteiger partial charge in [-0.2, -0.15) is 0 Å². The van der Waals surface area contributed by atoms with Crippen LogP contribution in [0.4, 0.5) is 15.8 Å². The number of hydrogen-bond acceptors (Lipinski definition) is 4. The maximum atomic E-state index is 13.6. The first-order chi connectivity index (χ1) is 11.0. The molecule has 0 bridgehead atoms. The maximum Gasteiger partial charge on any atom is 0.269 e. The van der Waals surface area contributed by atoms with Crippen LogP contribution in [-0.2, 0) is 0 Å². The number of nitro benzene ring substituents is 1. The zero-order valence-corrected chi connectivity index (χ0v) is 12.6. The van der Waals surface area contributed by atoms with Crippen molar-refractivity contribution in [1.82, 2.24) is 5.32 Å². The fourth-order valence-corrected chi connectivity index (χ4v) is 2.01. The van der Waals surface area contributed by atoms with Crippen molar-refractivity contribution in [3.63, 3.8) is 0 Å². The number of non-ortho nitro benzene ring substituents is 1. The molecule has 0 fully saturated rings. The summed E-state index contributed by atoms with van der Waals surface area (Å²) in [5.41, 5.74) is 0.606. The Morgan fingerprint density at radius 3 is 2.48 bits per heavy atom. The zero-order chi connectivity index (χ0) is 16.8. The highest BCUT2D eigenvalue weighted by Gasteiger charge is 2.11. The van der Waals surface area contributed by atoms with Crippen LogP contribution in [0.2, 0.25) is 5.02 Å². The molecular formula is C15H13ClFN3O3. The smallest absolute Gasteiger partial charge is 0.269 e. The van der Waals surface area contributed by atoms with Crippen LogP contribution in [0.5, 0.6) is 0 Å². The molecule has 6 nitrogen and oxygen atoms in total. The minimum atomic E-state index is -0.682. The summed E-state index contributed by atoms with van der Waals surface area (Å²) in [7, 11) is 0. The number of carbonyl (C=O) groups is 1. The molecule has 8 heteroatoms. The van der Waals surface area contributed by atoms with Crippen molar-refractivity contribution in [2.75, 3.05) is 18.4 Å². The molecule has 2 aromatic rings. The van der Waals surface area contributed by atoms with E-state index in [4.69, 9.17) is 11.6 Å². The molecule has 23 heavy (non-hydrogen) atoms. The van der Waals surface area contributed by atoms with Gasteiger partial charge in [0.1, 0.15) is 5.82 Å². The van der Waals surface area contributed by atoms with Gasteiger partial charge < -0.3 is 10.6 Å². The van der Waals surface area contributed by atoms with Crippen molar-refractivity contribution in [3.8, 4) is 0 Å². The van der Waals surface area contributed by atoms with Gasteiger partial charge >= 0.3 is 0 Å². The van der Waals surface area contributed by atoms with Gasteiger partial charge in [0.25, 0.3) is 11.6 Å². The van der Waals surface area contributed by atoms with Crippen LogP contribution in [0.25, 0.3) is 0 Å². The number of benzene rings is 2. The number of anilines is 1. The van der Waals surface area contributed by atoms with Gasteiger partial charge in [-0.3, -0.25) is 14.9 Å². The van der Waals surface area contributed by atoms with Gasteiger partial charge in [-0.25, -0.2) is 4.39 Å². The molecule has 0 unspecified atom stereocenters. The minimum Gasteiger partial charge on any atom is -0.383 e. The van der Waals surface area contributed by atoms with Crippen LogP contribution in [0.15, 0.2) is 42.5 Å². The van der Waals surface area contributed by atoms with Gasteiger partial charge in [0.2, 0.25) is 0 Å². The van der Waals surface area contributed by atoms with Crippen LogP contribution in [-0.4, -0.2) is 23.9 Å². The topological polar surface area (TPSA) is 84.3 Å². The Labute approximate surface area is 136 Å². The van der Waals surface area contributed by atoms with Gasteiger partial charge in [0.05, 0.1) is 10.5 Å². The van der Waals surface area contributed by atoms with E-state index in [1.165, 1.54) is 24.3 Å². The molecule has 0 aliphatic carbocycles. The van der Waals surface area contributed by atoms with Gasteiger partial charge in [-0.05, 0) is 30.3 Å². The molecule has 0 radical (unpaired) electrons. The van der Waals surface area contributed by atoms with Crippen LogP contribution >= 0.6 is 11.6 Å². The molecule has 0 saturated carbocycles. The number of nitrogens with zero attached hydrogens (tertiary/aromatic N) is 1. The molecule has 0 spiro atoms. The van der Waals surface area contributed by atoms with Crippen LogP contribution in [0.3, 0.4) is 0 Å². The van der Waals surface area contributed by atoms with Crippen LogP contribution in [0, 0.1) is 15.9 Å². The van der Waals surface area contributed by atoms with Gasteiger partial charge in [0.15, 0.2) is 0 Å². The average molecular weight is 338 g/mol. The maximum absolute atomic E-state index is 13.6. The molecule has 0 heterocycles. The van der Waals surface area contributed by atoms with Gasteiger partial charge in [-0.1, -0.05) is 11.6 Å². The quantitative estimate of drug-likeness (QED) is 0.481. The lowest BCUT2D eigenvalue weighted by Gasteiger charge is -2.08. The lowest BCUT2D eigenvalue weighted by Crippen LogP contribution is -2.29. The highest BCUT2D eigenvalue weighted by Crippen LogP contribution is 2.15. The Hall–Kier alpha value is -2.67. The Kier molecular flexibility index (Phi) is 5.48. The van der Waals surface area contributed by atoms with E-state index in [1.54, 1.807) is 12.1 Å². The molecule has 0 aromatic heterocycles. The summed E-state index contributed by atoms with van der Waals surface area (Å²) in [5, 5.41) is 16.3. The molecular weight excluding hydrogens is 325 g/mol. The first-order valence-corrected chi connectivity index (χ1v) is 7.07. The molecule has 1 amide bonds. The molecule has 120 valence electrons. The number of nitro groups is 1. The molecule has 0 aliphatic rings. The fraction of sp³-hybridized carbons (Fsp3) is 0.133. The molecule has 2 rings (SSSR count). The highest BCUT2D eigenvalue weighted by molar-refractivity contribution is 6.30. The Morgan fingerprint density at radius 2 is 1.87 bits per heavy atom. The van der Waals surface area contributed by atoms with Crippen LogP contribution in [0.1, 0.15) is 10.4 Å². The standard InChI is InChI=1S/C15H13ClFN3O3/c16-10-1-6-13(14(17)9-10)15(21)19-8-7-18-11-2-4-12(5-3-11)20(22)23/h1-6,9,18H,7-8H2,(H,19,21). The Bertz CT molecular complexity index is 722. The summed E-state index contributed by atoms with van der Waals surface area (Å²) in [6.45, 7) is 0.649. The zero-order valence-electron chi connectivity index (χ0n) is 11.9. The molecule has 2 aromatic carbocycles. The lowest BCUT2D eigenvalue weighted by atomic mass is 10.2.